The van der Waals surface area contributed by atoms with Crippen molar-refractivity contribution < 1.29 is 4.79 Å². The Balaban J connectivity index is 3.16. The van der Waals surface area contributed by atoms with Crippen molar-refractivity contribution in [1.29, 1.82) is 0 Å². The van der Waals surface area contributed by atoms with Crippen LogP contribution >= 0.6 is 55.1 Å². The lowest BCUT2D eigenvalue weighted by molar-refractivity contribution is -0.120. The Labute approximate surface area is 103 Å². The van der Waals surface area contributed by atoms with Crippen LogP contribution in [0.15, 0.2) is 21.1 Å². The number of alkyl halides is 2. The van der Waals surface area contributed by atoms with Crippen molar-refractivity contribution in [3.05, 3.63) is 21.1 Å². The van der Waals surface area contributed by atoms with E-state index in [1.54, 1.807) is 19.1 Å². The van der Waals surface area contributed by atoms with Crippen LogP contribution < -0.4 is 0 Å². The highest BCUT2D eigenvalue weighted by atomic mass is 79.9. The van der Waals surface area contributed by atoms with Crippen LogP contribution in [0.3, 0.4) is 0 Å². The van der Waals surface area contributed by atoms with Crippen LogP contribution in [-0.2, 0) is 4.79 Å². The number of hydrogen-bond acceptors (Lipinski definition) is 1. The summed E-state index contributed by atoms with van der Waals surface area (Å²) in [6.45, 7) is 1.70. The van der Waals surface area contributed by atoms with E-state index in [-0.39, 0.29) is 5.78 Å². The van der Waals surface area contributed by atoms with E-state index in [9.17, 15) is 4.79 Å². The number of rotatable bonds is 1. The molecule has 1 aliphatic carbocycles. The summed E-state index contributed by atoms with van der Waals surface area (Å²) in [6, 6.07) is 0. The molecule has 0 heterocycles. The van der Waals surface area contributed by atoms with Crippen LogP contribution in [0, 0.1) is 5.41 Å². The Kier molecular flexibility index (Phi) is 3.67. The van der Waals surface area contributed by atoms with Gasteiger partial charge >= 0.3 is 0 Å². The van der Waals surface area contributed by atoms with Gasteiger partial charge in [-0.25, -0.2) is 0 Å². The molecule has 1 atom stereocenters. The summed E-state index contributed by atoms with van der Waals surface area (Å²) in [5.41, 5.74) is -0.852. The van der Waals surface area contributed by atoms with E-state index in [4.69, 9.17) is 23.2 Å². The van der Waals surface area contributed by atoms with Crippen molar-refractivity contribution in [2.45, 2.75) is 11.8 Å². The molecule has 1 nitrogen and oxygen atoms in total. The Bertz CT molecular complexity index is 309. The first-order valence-electron chi connectivity index (χ1n) is 3.46. The molecule has 1 aliphatic rings. The van der Waals surface area contributed by atoms with E-state index >= 15 is 0 Å². The van der Waals surface area contributed by atoms with Gasteiger partial charge in [-0.3, -0.25) is 4.79 Å². The summed E-state index contributed by atoms with van der Waals surface area (Å²) in [6.07, 6.45) is 3.39. The SMILES string of the molecule is CC1(C(Cl)Cl)C=C(Br)C=C(Br)C1=O. The molecule has 0 aromatic rings. The van der Waals surface area contributed by atoms with Gasteiger partial charge in [0.2, 0.25) is 0 Å². The maximum atomic E-state index is 11.7. The fourth-order valence-electron chi connectivity index (χ4n) is 1.000. The van der Waals surface area contributed by atoms with E-state index < -0.39 is 10.3 Å². The third-order valence-electron chi connectivity index (χ3n) is 1.86. The van der Waals surface area contributed by atoms with Gasteiger partial charge in [0.15, 0.2) is 5.78 Å². The highest BCUT2D eigenvalue weighted by Crippen LogP contribution is 2.41. The monoisotopic (exact) mass is 346 g/mol. The molecule has 0 saturated carbocycles. The molecule has 0 saturated heterocycles. The van der Waals surface area contributed by atoms with E-state index in [1.165, 1.54) is 0 Å². The Morgan fingerprint density at radius 3 is 2.46 bits per heavy atom. The first kappa shape index (κ1) is 11.8. The average Bonchev–Trinajstić information content (AvgIpc) is 1.99. The summed E-state index contributed by atoms with van der Waals surface area (Å²) >= 11 is 18.0. The minimum atomic E-state index is -0.852. The summed E-state index contributed by atoms with van der Waals surface area (Å²) in [4.78, 5) is 10.9. The lowest BCUT2D eigenvalue weighted by atomic mass is 9.84. The topological polar surface area (TPSA) is 17.1 Å². The number of hydrogen-bond donors (Lipinski definition) is 0. The number of carbonyl (C=O) groups excluding carboxylic acids is 1. The van der Waals surface area contributed by atoms with Gasteiger partial charge in [-0.15, -0.1) is 23.2 Å². The van der Waals surface area contributed by atoms with Crippen LogP contribution in [0.25, 0.3) is 0 Å². The van der Waals surface area contributed by atoms with E-state index in [0.717, 1.165) is 4.48 Å². The number of carbonyl (C=O) groups is 1. The highest BCUT2D eigenvalue weighted by molar-refractivity contribution is 9.12. The van der Waals surface area contributed by atoms with Crippen LogP contribution in [-0.4, -0.2) is 10.6 Å². The second kappa shape index (κ2) is 4.05. The van der Waals surface area contributed by atoms with Crippen LogP contribution in [0.2, 0.25) is 0 Å². The summed E-state index contributed by atoms with van der Waals surface area (Å²) < 4.78 is 1.28. The summed E-state index contributed by atoms with van der Waals surface area (Å²) in [5.74, 6) is -0.106. The molecule has 0 N–H and O–H groups in total. The zero-order chi connectivity index (χ0) is 10.2. The Hall–Kier alpha value is 0.690. The van der Waals surface area contributed by atoms with Gasteiger partial charge in [0, 0.05) is 4.48 Å². The molecule has 0 bridgehead atoms. The van der Waals surface area contributed by atoms with Gasteiger partial charge in [0.25, 0.3) is 0 Å². The molecular formula is C8H6Br2Cl2O. The van der Waals surface area contributed by atoms with E-state index in [0.29, 0.717) is 4.48 Å². The quantitative estimate of drug-likeness (QED) is 0.656. The van der Waals surface area contributed by atoms with Crippen LogP contribution in [0.4, 0.5) is 0 Å². The molecule has 0 amide bonds. The lowest BCUT2D eigenvalue weighted by Gasteiger charge is -2.28. The molecule has 0 aromatic heterocycles. The lowest BCUT2D eigenvalue weighted by Crippen LogP contribution is -2.34. The minimum absolute atomic E-state index is 0.106. The fraction of sp³-hybridized carbons (Fsp3) is 0.375. The van der Waals surface area contributed by atoms with Crippen molar-refractivity contribution in [2.24, 2.45) is 5.41 Å². The first-order valence-corrected chi connectivity index (χ1v) is 5.92. The smallest absolute Gasteiger partial charge is 0.182 e. The zero-order valence-corrected chi connectivity index (χ0v) is 11.3. The fourth-order valence-corrected chi connectivity index (χ4v) is 3.01. The standard InChI is InChI=1S/C8H6Br2Cl2O/c1-8(7(11)12)3-4(9)2-5(10)6(8)13/h2-3,7H,1H3. The third kappa shape index (κ3) is 2.20. The van der Waals surface area contributed by atoms with Gasteiger partial charge in [0.05, 0.1) is 9.90 Å². The number of ketones is 1. The number of Topliss-reactive ketones (excluding diaryl/α,β-unsaturated/α-hetero) is 1. The Morgan fingerprint density at radius 2 is 2.00 bits per heavy atom. The maximum absolute atomic E-state index is 11.7. The van der Waals surface area contributed by atoms with Crippen molar-refractivity contribution >= 4 is 60.8 Å². The van der Waals surface area contributed by atoms with Gasteiger partial charge in [0.1, 0.15) is 4.84 Å². The van der Waals surface area contributed by atoms with Gasteiger partial charge < -0.3 is 0 Å². The molecule has 72 valence electrons. The highest BCUT2D eigenvalue weighted by Gasteiger charge is 2.40. The molecule has 5 heteroatoms. The number of halogens is 4. The molecule has 0 fully saturated rings. The molecule has 0 aromatic carbocycles. The average molecular weight is 349 g/mol. The molecule has 0 aliphatic heterocycles. The van der Waals surface area contributed by atoms with Crippen molar-refractivity contribution in [3.63, 3.8) is 0 Å². The minimum Gasteiger partial charge on any atom is -0.293 e. The molecular weight excluding hydrogens is 343 g/mol. The molecule has 1 rings (SSSR count). The molecule has 0 radical (unpaired) electrons. The van der Waals surface area contributed by atoms with Gasteiger partial charge in [-0.1, -0.05) is 22.0 Å². The summed E-state index contributed by atoms with van der Waals surface area (Å²) in [5, 5.41) is 0. The van der Waals surface area contributed by atoms with Gasteiger partial charge in [-0.05, 0) is 28.9 Å². The molecule has 1 unspecified atom stereocenters. The van der Waals surface area contributed by atoms with E-state index in [2.05, 4.69) is 31.9 Å². The van der Waals surface area contributed by atoms with Crippen LogP contribution in [0.1, 0.15) is 6.92 Å². The molecule has 13 heavy (non-hydrogen) atoms. The van der Waals surface area contributed by atoms with Crippen molar-refractivity contribution in [1.82, 2.24) is 0 Å². The van der Waals surface area contributed by atoms with E-state index in [1.807, 2.05) is 0 Å². The normalized spacial score (nSPS) is 28.9. The van der Waals surface area contributed by atoms with Gasteiger partial charge in [-0.2, -0.15) is 0 Å². The Morgan fingerprint density at radius 1 is 1.46 bits per heavy atom. The van der Waals surface area contributed by atoms with Crippen molar-refractivity contribution in [2.75, 3.05) is 0 Å². The zero-order valence-electron chi connectivity index (χ0n) is 6.65. The second-order valence-electron chi connectivity index (χ2n) is 2.93. The predicted octanol–water partition coefficient (Wildman–Crippen LogP) is 3.94. The maximum Gasteiger partial charge on any atom is 0.182 e. The largest absolute Gasteiger partial charge is 0.293 e. The van der Waals surface area contributed by atoms with Crippen LogP contribution in [0.5, 0.6) is 0 Å². The van der Waals surface area contributed by atoms with Crippen molar-refractivity contribution in [3.8, 4) is 0 Å². The number of allylic oxidation sites excluding steroid dienone is 4. The second-order valence-corrected chi connectivity index (χ2v) is 5.80. The summed E-state index contributed by atoms with van der Waals surface area (Å²) in [7, 11) is 0. The predicted molar refractivity (Wildman–Crippen MR) is 62.6 cm³/mol. The third-order valence-corrected chi connectivity index (χ3v) is 3.82. The first-order chi connectivity index (χ1) is 5.88. The molecule has 0 spiro atoms.